The molecule has 0 radical (unpaired) electrons. The van der Waals surface area contributed by atoms with Crippen molar-refractivity contribution >= 4 is 23.5 Å². The predicted octanol–water partition coefficient (Wildman–Crippen LogP) is 3.50. The molecule has 27 heavy (non-hydrogen) atoms. The largest absolute Gasteiger partial charge is 0.443 e. The van der Waals surface area contributed by atoms with Crippen molar-refractivity contribution in [3.8, 4) is 0 Å². The molecule has 0 atom stereocenters. The number of carbonyl (C=O) groups excluding carboxylic acids is 2. The van der Waals surface area contributed by atoms with Gasteiger partial charge in [-0.05, 0) is 56.2 Å². The van der Waals surface area contributed by atoms with Gasteiger partial charge in [0.05, 0.1) is 6.54 Å². The molecule has 2 rings (SSSR count). The number of ether oxygens (including phenoxy) is 1. The number of nitrogens with one attached hydrogen (secondary N) is 1. The first-order valence-electron chi connectivity index (χ1n) is 8.61. The number of benzene rings is 2. The summed E-state index contributed by atoms with van der Waals surface area (Å²) in [6.45, 7) is 5.55. The number of hydrogen-bond acceptors (Lipinski definition) is 5. The van der Waals surface area contributed by atoms with Crippen LogP contribution < -0.4 is 16.8 Å². The van der Waals surface area contributed by atoms with Crippen molar-refractivity contribution in [2.45, 2.75) is 39.5 Å². The lowest BCUT2D eigenvalue weighted by atomic mass is 10.2. The van der Waals surface area contributed by atoms with Crippen LogP contribution in [0.25, 0.3) is 0 Å². The molecule has 144 valence electrons. The molecular formula is C20H26N4O3. The van der Waals surface area contributed by atoms with Crippen LogP contribution in [0.2, 0.25) is 0 Å². The number of rotatable bonds is 4. The molecule has 2 aromatic carbocycles. The molecule has 7 heteroatoms. The van der Waals surface area contributed by atoms with Crippen molar-refractivity contribution in [1.82, 2.24) is 10.2 Å². The zero-order chi connectivity index (χ0) is 20.0. The van der Waals surface area contributed by atoms with Crippen LogP contribution >= 0.6 is 0 Å². The predicted molar refractivity (Wildman–Crippen MR) is 106 cm³/mol. The van der Waals surface area contributed by atoms with Gasteiger partial charge in [-0.15, -0.1) is 0 Å². The van der Waals surface area contributed by atoms with Crippen LogP contribution in [0.15, 0.2) is 48.5 Å². The van der Waals surface area contributed by atoms with Crippen LogP contribution in [0.1, 0.15) is 31.9 Å². The zero-order valence-corrected chi connectivity index (χ0v) is 15.9. The number of carbonyl (C=O) groups is 2. The summed E-state index contributed by atoms with van der Waals surface area (Å²) in [7, 11) is 0. The quantitative estimate of drug-likeness (QED) is 0.713. The maximum Gasteiger partial charge on any atom is 0.418 e. The summed E-state index contributed by atoms with van der Waals surface area (Å²) < 4.78 is 5.37. The van der Waals surface area contributed by atoms with E-state index in [0.29, 0.717) is 11.4 Å². The second-order valence-electron chi connectivity index (χ2n) is 7.21. The highest BCUT2D eigenvalue weighted by Crippen LogP contribution is 2.15. The normalized spacial score (nSPS) is 10.9. The average molecular weight is 370 g/mol. The van der Waals surface area contributed by atoms with Gasteiger partial charge in [0.25, 0.3) is 0 Å². The van der Waals surface area contributed by atoms with Crippen LogP contribution in [0.4, 0.5) is 21.0 Å². The Morgan fingerprint density at radius 3 is 2.26 bits per heavy atom. The molecule has 0 spiro atoms. The summed E-state index contributed by atoms with van der Waals surface area (Å²) in [4.78, 5) is 26.2. The third kappa shape index (κ3) is 6.54. The van der Waals surface area contributed by atoms with Crippen LogP contribution in [0.3, 0.4) is 0 Å². The number of urea groups is 1. The second kappa shape index (κ2) is 8.44. The first-order valence-corrected chi connectivity index (χ1v) is 8.61. The minimum atomic E-state index is -0.722. The molecule has 0 aliphatic rings. The van der Waals surface area contributed by atoms with Crippen molar-refractivity contribution < 1.29 is 14.3 Å². The highest BCUT2D eigenvalue weighted by molar-refractivity contribution is 5.91. The summed E-state index contributed by atoms with van der Waals surface area (Å²) >= 11 is 0. The highest BCUT2D eigenvalue weighted by atomic mass is 16.6. The van der Waals surface area contributed by atoms with E-state index in [9.17, 15) is 9.59 Å². The number of nitrogen functional groups attached to an aromatic ring is 2. The Hall–Kier alpha value is -3.22. The number of nitrogens with zero attached hydrogens (tertiary/aromatic N) is 1. The molecule has 7 nitrogen and oxygen atoms in total. The summed E-state index contributed by atoms with van der Waals surface area (Å²) in [5.74, 6) is 0. The third-order valence-electron chi connectivity index (χ3n) is 3.57. The van der Waals surface area contributed by atoms with Crippen molar-refractivity contribution in [1.29, 1.82) is 0 Å². The fraction of sp³-hybridized carbons (Fsp3) is 0.300. The fourth-order valence-electron chi connectivity index (χ4n) is 2.32. The molecule has 0 saturated carbocycles. The minimum absolute atomic E-state index is 0.0491. The Morgan fingerprint density at radius 2 is 1.67 bits per heavy atom. The molecule has 0 aliphatic heterocycles. The van der Waals surface area contributed by atoms with Gasteiger partial charge in [0.15, 0.2) is 0 Å². The van der Waals surface area contributed by atoms with Gasteiger partial charge in [-0.1, -0.05) is 24.3 Å². The average Bonchev–Trinajstić information content (AvgIpc) is 2.57. The highest BCUT2D eigenvalue weighted by Gasteiger charge is 2.27. The Bertz CT molecular complexity index is 798. The van der Waals surface area contributed by atoms with E-state index in [4.69, 9.17) is 16.2 Å². The van der Waals surface area contributed by atoms with Gasteiger partial charge in [0.2, 0.25) is 0 Å². The number of anilines is 2. The van der Waals surface area contributed by atoms with Gasteiger partial charge in [0.1, 0.15) is 5.60 Å². The fourth-order valence-corrected chi connectivity index (χ4v) is 2.32. The SMILES string of the molecule is CC(C)(C)OC(=O)N(Cc1cccc(N)c1)C(=O)NCc1ccc(N)cc1. The maximum absolute atomic E-state index is 12.7. The topological polar surface area (TPSA) is 111 Å². The Morgan fingerprint density at radius 1 is 1.00 bits per heavy atom. The van der Waals surface area contributed by atoms with Crippen molar-refractivity contribution in [3.05, 3.63) is 59.7 Å². The molecule has 0 unspecified atom stereocenters. The van der Waals surface area contributed by atoms with Crippen molar-refractivity contribution in [2.24, 2.45) is 0 Å². The molecule has 5 N–H and O–H groups in total. The van der Waals surface area contributed by atoms with Crippen molar-refractivity contribution in [2.75, 3.05) is 11.5 Å². The summed E-state index contributed by atoms with van der Waals surface area (Å²) in [5, 5.41) is 2.73. The third-order valence-corrected chi connectivity index (χ3v) is 3.57. The molecule has 0 bridgehead atoms. The number of imide groups is 1. The van der Waals surface area contributed by atoms with Gasteiger partial charge in [-0.25, -0.2) is 14.5 Å². The molecule has 0 fully saturated rings. The van der Waals surface area contributed by atoms with Gasteiger partial charge < -0.3 is 21.5 Å². The van der Waals surface area contributed by atoms with Crippen molar-refractivity contribution in [3.63, 3.8) is 0 Å². The van der Waals surface area contributed by atoms with E-state index >= 15 is 0 Å². The molecule has 0 heterocycles. The van der Waals surface area contributed by atoms with Crippen LogP contribution in [-0.2, 0) is 17.8 Å². The van der Waals surface area contributed by atoms with E-state index in [0.717, 1.165) is 16.0 Å². The van der Waals surface area contributed by atoms with Crippen LogP contribution in [0, 0.1) is 0 Å². The molecule has 0 aliphatic carbocycles. The Kier molecular flexibility index (Phi) is 6.28. The summed E-state index contributed by atoms with van der Waals surface area (Å²) in [6.07, 6.45) is -0.722. The molecule has 0 saturated heterocycles. The van der Waals surface area contributed by atoms with Crippen LogP contribution in [-0.4, -0.2) is 22.6 Å². The lowest BCUT2D eigenvalue weighted by Crippen LogP contribution is -2.45. The molecule has 0 aromatic heterocycles. The zero-order valence-electron chi connectivity index (χ0n) is 15.9. The van der Waals surface area contributed by atoms with E-state index < -0.39 is 17.7 Å². The Labute approximate surface area is 159 Å². The van der Waals surface area contributed by atoms with E-state index in [2.05, 4.69) is 5.32 Å². The van der Waals surface area contributed by atoms with E-state index in [-0.39, 0.29) is 13.1 Å². The van der Waals surface area contributed by atoms with Gasteiger partial charge in [0, 0.05) is 17.9 Å². The maximum atomic E-state index is 12.7. The summed E-state index contributed by atoms with van der Waals surface area (Å²) in [5.41, 5.74) is 13.5. The van der Waals surface area contributed by atoms with Gasteiger partial charge >= 0.3 is 12.1 Å². The smallest absolute Gasteiger partial charge is 0.418 e. The van der Waals surface area contributed by atoms with E-state index in [1.54, 1.807) is 57.2 Å². The lowest BCUT2D eigenvalue weighted by molar-refractivity contribution is 0.0308. The van der Waals surface area contributed by atoms with E-state index in [1.807, 2.05) is 12.1 Å². The Balaban J connectivity index is 2.12. The number of hydrogen-bond donors (Lipinski definition) is 3. The number of amides is 3. The first kappa shape index (κ1) is 20.1. The monoisotopic (exact) mass is 370 g/mol. The number of nitrogens with two attached hydrogens (primary N) is 2. The van der Waals surface area contributed by atoms with Crippen LogP contribution in [0.5, 0.6) is 0 Å². The molecule has 2 aromatic rings. The second-order valence-corrected chi connectivity index (χ2v) is 7.21. The molecule has 3 amide bonds. The van der Waals surface area contributed by atoms with E-state index in [1.165, 1.54) is 0 Å². The standard InChI is InChI=1S/C20H26N4O3/c1-20(2,3)27-19(26)24(13-15-5-4-6-17(22)11-15)18(25)23-12-14-7-9-16(21)10-8-14/h4-11H,12-13,21-22H2,1-3H3,(H,23,25). The summed E-state index contributed by atoms with van der Waals surface area (Å²) in [6, 6.07) is 13.6. The lowest BCUT2D eigenvalue weighted by Gasteiger charge is -2.26. The van der Waals surface area contributed by atoms with Gasteiger partial charge in [-0.3, -0.25) is 0 Å². The first-order chi connectivity index (χ1) is 12.6. The molecular weight excluding hydrogens is 344 g/mol. The minimum Gasteiger partial charge on any atom is -0.443 e. The van der Waals surface area contributed by atoms with Gasteiger partial charge in [-0.2, -0.15) is 0 Å².